The minimum absolute atomic E-state index is 0.140. The molecule has 0 aliphatic heterocycles. The Hall–Kier alpha value is -2.73. The third-order valence-corrected chi connectivity index (χ3v) is 5.88. The average molecular weight is 408 g/mol. The van der Waals surface area contributed by atoms with Gasteiger partial charge in [-0.15, -0.1) is 0 Å². The van der Waals surface area contributed by atoms with Crippen LogP contribution in [0.2, 0.25) is 0 Å². The molecule has 2 aromatic carbocycles. The molecule has 0 atom stereocenters. The highest BCUT2D eigenvalue weighted by Crippen LogP contribution is 2.26. The zero-order valence-corrected chi connectivity index (χ0v) is 18.0. The number of anilines is 2. The lowest BCUT2D eigenvalue weighted by Crippen LogP contribution is -2.37. The highest BCUT2D eigenvalue weighted by atomic mass is 19.1. The molecular formula is C24H30FN5. The van der Waals surface area contributed by atoms with E-state index < -0.39 is 0 Å². The van der Waals surface area contributed by atoms with Gasteiger partial charge in [0.25, 0.3) is 0 Å². The van der Waals surface area contributed by atoms with Crippen LogP contribution in [0.4, 0.5) is 16.2 Å². The van der Waals surface area contributed by atoms with E-state index >= 15 is 0 Å². The first kappa shape index (κ1) is 20.5. The van der Waals surface area contributed by atoms with Crippen molar-refractivity contribution in [2.45, 2.75) is 51.2 Å². The second-order valence-corrected chi connectivity index (χ2v) is 8.44. The first-order chi connectivity index (χ1) is 14.5. The Morgan fingerprint density at radius 3 is 2.47 bits per heavy atom. The lowest BCUT2D eigenvalue weighted by atomic mass is 9.91. The van der Waals surface area contributed by atoms with Gasteiger partial charge in [0.2, 0.25) is 5.95 Å². The Bertz CT molecular complexity index is 1010. The molecule has 1 fully saturated rings. The van der Waals surface area contributed by atoms with Crippen molar-refractivity contribution >= 4 is 22.7 Å². The molecule has 1 aliphatic rings. The van der Waals surface area contributed by atoms with Crippen molar-refractivity contribution in [3.63, 3.8) is 0 Å². The summed E-state index contributed by atoms with van der Waals surface area (Å²) < 4.78 is 13.4. The number of para-hydroxylation sites is 1. The summed E-state index contributed by atoms with van der Waals surface area (Å²) in [7, 11) is 4.02. The molecule has 6 heteroatoms. The summed E-state index contributed by atoms with van der Waals surface area (Å²) in [6, 6.07) is 14.3. The van der Waals surface area contributed by atoms with Crippen molar-refractivity contribution in [3.8, 4) is 0 Å². The number of aromatic nitrogens is 2. The zero-order valence-electron chi connectivity index (χ0n) is 18.0. The van der Waals surface area contributed by atoms with Gasteiger partial charge in [-0.1, -0.05) is 24.3 Å². The van der Waals surface area contributed by atoms with Gasteiger partial charge < -0.3 is 15.5 Å². The number of rotatable bonds is 6. The van der Waals surface area contributed by atoms with Gasteiger partial charge in [0, 0.05) is 38.1 Å². The topological polar surface area (TPSA) is 53.1 Å². The molecule has 0 unspecified atom stereocenters. The van der Waals surface area contributed by atoms with Crippen LogP contribution in [0.1, 0.15) is 36.8 Å². The van der Waals surface area contributed by atoms with Crippen LogP contribution in [-0.4, -0.2) is 36.1 Å². The Morgan fingerprint density at radius 1 is 1.00 bits per heavy atom. The molecule has 5 nitrogen and oxygen atoms in total. The third-order valence-electron chi connectivity index (χ3n) is 5.88. The van der Waals surface area contributed by atoms with E-state index in [4.69, 9.17) is 9.97 Å². The number of hydrogen-bond donors (Lipinski definition) is 2. The molecule has 30 heavy (non-hydrogen) atoms. The van der Waals surface area contributed by atoms with Crippen molar-refractivity contribution in [1.29, 1.82) is 0 Å². The Morgan fingerprint density at radius 2 is 1.73 bits per heavy atom. The summed E-state index contributed by atoms with van der Waals surface area (Å²) in [5.41, 5.74) is 2.80. The molecule has 1 heterocycles. The SMILES string of the molecule is Cc1cc(CNC2CCC(Nc3nc(N(C)C)c4ccccc4n3)CC2)ccc1F. The van der Waals surface area contributed by atoms with Crippen LogP contribution >= 0.6 is 0 Å². The van der Waals surface area contributed by atoms with E-state index in [2.05, 4.69) is 16.7 Å². The molecule has 0 amide bonds. The van der Waals surface area contributed by atoms with Gasteiger partial charge in [-0.25, -0.2) is 9.37 Å². The van der Waals surface area contributed by atoms with E-state index in [1.165, 1.54) is 0 Å². The fourth-order valence-electron chi connectivity index (χ4n) is 4.17. The molecule has 0 spiro atoms. The number of nitrogens with zero attached hydrogens (tertiary/aromatic N) is 3. The van der Waals surface area contributed by atoms with Crippen LogP contribution in [0.3, 0.4) is 0 Å². The van der Waals surface area contributed by atoms with E-state index in [1.807, 2.05) is 56.3 Å². The van der Waals surface area contributed by atoms with Gasteiger partial charge in [0.1, 0.15) is 11.6 Å². The number of hydrogen-bond acceptors (Lipinski definition) is 5. The van der Waals surface area contributed by atoms with E-state index in [9.17, 15) is 4.39 Å². The van der Waals surface area contributed by atoms with E-state index in [-0.39, 0.29) is 5.82 Å². The van der Waals surface area contributed by atoms with Gasteiger partial charge in [-0.05, 0) is 61.9 Å². The van der Waals surface area contributed by atoms with Crippen LogP contribution in [0, 0.1) is 12.7 Å². The molecular weight excluding hydrogens is 377 g/mol. The van der Waals surface area contributed by atoms with Crippen LogP contribution in [0.5, 0.6) is 0 Å². The molecule has 1 aromatic heterocycles. The van der Waals surface area contributed by atoms with Crippen LogP contribution in [-0.2, 0) is 6.54 Å². The first-order valence-electron chi connectivity index (χ1n) is 10.7. The summed E-state index contributed by atoms with van der Waals surface area (Å²) in [5.74, 6) is 1.50. The highest BCUT2D eigenvalue weighted by Gasteiger charge is 2.22. The summed E-state index contributed by atoms with van der Waals surface area (Å²) in [4.78, 5) is 11.5. The maximum absolute atomic E-state index is 13.4. The van der Waals surface area contributed by atoms with Gasteiger partial charge in [-0.3, -0.25) is 0 Å². The Balaban J connectivity index is 1.34. The molecule has 0 radical (unpaired) electrons. The van der Waals surface area contributed by atoms with Gasteiger partial charge in [0.05, 0.1) is 5.52 Å². The number of halogens is 1. The minimum Gasteiger partial charge on any atom is -0.362 e. The quantitative estimate of drug-likeness (QED) is 0.623. The lowest BCUT2D eigenvalue weighted by molar-refractivity contribution is 0.352. The monoisotopic (exact) mass is 407 g/mol. The van der Waals surface area contributed by atoms with Crippen molar-refractivity contribution in [2.24, 2.45) is 0 Å². The predicted octanol–water partition coefficient (Wildman–Crippen LogP) is 4.66. The van der Waals surface area contributed by atoms with E-state index in [0.717, 1.165) is 54.5 Å². The molecule has 1 saturated carbocycles. The van der Waals surface area contributed by atoms with Crippen LogP contribution in [0.25, 0.3) is 10.9 Å². The first-order valence-corrected chi connectivity index (χ1v) is 10.7. The van der Waals surface area contributed by atoms with Crippen molar-refractivity contribution in [3.05, 3.63) is 59.4 Å². The lowest BCUT2D eigenvalue weighted by Gasteiger charge is -2.30. The fourth-order valence-corrected chi connectivity index (χ4v) is 4.17. The molecule has 4 rings (SSSR count). The Labute approximate surface area is 177 Å². The molecule has 0 saturated heterocycles. The van der Waals surface area contributed by atoms with E-state index in [0.29, 0.717) is 23.6 Å². The zero-order chi connectivity index (χ0) is 21.1. The smallest absolute Gasteiger partial charge is 0.225 e. The second kappa shape index (κ2) is 8.96. The third kappa shape index (κ3) is 4.70. The van der Waals surface area contributed by atoms with Crippen LogP contribution in [0.15, 0.2) is 42.5 Å². The largest absolute Gasteiger partial charge is 0.362 e. The van der Waals surface area contributed by atoms with Crippen molar-refractivity contribution in [1.82, 2.24) is 15.3 Å². The summed E-state index contributed by atoms with van der Waals surface area (Å²) in [6.07, 6.45) is 4.36. The average Bonchev–Trinajstić information content (AvgIpc) is 2.75. The summed E-state index contributed by atoms with van der Waals surface area (Å²) >= 11 is 0. The summed E-state index contributed by atoms with van der Waals surface area (Å²) in [5, 5.41) is 8.25. The van der Waals surface area contributed by atoms with Crippen molar-refractivity contribution < 1.29 is 4.39 Å². The van der Waals surface area contributed by atoms with Gasteiger partial charge in [-0.2, -0.15) is 4.98 Å². The number of benzene rings is 2. The maximum Gasteiger partial charge on any atom is 0.225 e. The normalized spacial score (nSPS) is 19.1. The highest BCUT2D eigenvalue weighted by molar-refractivity contribution is 5.90. The fraction of sp³-hybridized carbons (Fsp3) is 0.417. The molecule has 0 bridgehead atoms. The second-order valence-electron chi connectivity index (χ2n) is 8.44. The molecule has 1 aliphatic carbocycles. The van der Waals surface area contributed by atoms with Crippen molar-refractivity contribution in [2.75, 3.05) is 24.3 Å². The maximum atomic E-state index is 13.4. The predicted molar refractivity (Wildman–Crippen MR) is 122 cm³/mol. The van der Waals surface area contributed by atoms with E-state index in [1.54, 1.807) is 6.07 Å². The van der Waals surface area contributed by atoms with Crippen LogP contribution < -0.4 is 15.5 Å². The summed E-state index contributed by atoms with van der Waals surface area (Å²) in [6.45, 7) is 2.59. The molecule has 158 valence electrons. The molecule has 3 aromatic rings. The van der Waals surface area contributed by atoms with Gasteiger partial charge in [0.15, 0.2) is 0 Å². The number of nitrogens with one attached hydrogen (secondary N) is 2. The van der Waals surface area contributed by atoms with Gasteiger partial charge >= 0.3 is 0 Å². The molecule has 2 N–H and O–H groups in total. The standard InChI is InChI=1S/C24H30FN5/c1-16-14-17(8-13-21(16)25)15-26-18-9-11-19(12-10-18)27-24-28-22-7-5-4-6-20(22)23(29-24)30(2)3/h4-8,13-14,18-19,26H,9-12,15H2,1-3H3,(H,27,28,29). The Kier molecular flexibility index (Phi) is 6.13. The number of aryl methyl sites for hydroxylation is 1. The minimum atomic E-state index is -0.140. The number of fused-ring (bicyclic) bond motifs is 1.